The SMILES string of the molecule is CCCCc1cnc(C=Cc2ccccc2)cc1OC. The lowest BCUT2D eigenvalue weighted by Gasteiger charge is -2.08. The van der Waals surface area contributed by atoms with E-state index in [1.165, 1.54) is 17.5 Å². The lowest BCUT2D eigenvalue weighted by atomic mass is 10.1. The van der Waals surface area contributed by atoms with Crippen LogP contribution in [0, 0.1) is 0 Å². The van der Waals surface area contributed by atoms with E-state index in [0.29, 0.717) is 0 Å². The van der Waals surface area contributed by atoms with Crippen molar-refractivity contribution in [2.45, 2.75) is 26.2 Å². The number of unbranched alkanes of at least 4 members (excludes halogenated alkanes) is 1. The van der Waals surface area contributed by atoms with Crippen LogP contribution in [0.15, 0.2) is 42.6 Å². The first-order chi connectivity index (χ1) is 9.83. The van der Waals surface area contributed by atoms with Gasteiger partial charge in [-0.1, -0.05) is 49.8 Å². The van der Waals surface area contributed by atoms with Crippen LogP contribution < -0.4 is 4.74 Å². The van der Waals surface area contributed by atoms with E-state index in [1.807, 2.05) is 36.5 Å². The number of aromatic nitrogens is 1. The molecular formula is C18H21NO. The van der Waals surface area contributed by atoms with Gasteiger partial charge in [0.15, 0.2) is 0 Å². The number of aryl methyl sites for hydroxylation is 1. The Bertz CT molecular complexity index is 561. The average Bonchev–Trinajstić information content (AvgIpc) is 2.52. The molecule has 2 rings (SSSR count). The maximum Gasteiger partial charge on any atom is 0.125 e. The van der Waals surface area contributed by atoms with Gasteiger partial charge in [-0.3, -0.25) is 4.98 Å². The highest BCUT2D eigenvalue weighted by Gasteiger charge is 2.04. The second kappa shape index (κ2) is 7.49. The molecule has 2 aromatic rings. The number of nitrogens with zero attached hydrogens (tertiary/aromatic N) is 1. The zero-order chi connectivity index (χ0) is 14.2. The number of benzene rings is 1. The Morgan fingerprint density at radius 2 is 1.95 bits per heavy atom. The molecule has 2 nitrogen and oxygen atoms in total. The number of pyridine rings is 1. The Kier molecular flexibility index (Phi) is 5.36. The molecule has 20 heavy (non-hydrogen) atoms. The van der Waals surface area contributed by atoms with E-state index in [4.69, 9.17) is 4.74 Å². The standard InChI is InChI=1S/C18H21NO/c1-3-4-10-16-14-19-17(13-18(16)20-2)12-11-15-8-6-5-7-9-15/h5-9,11-14H,3-4,10H2,1-2H3. The molecule has 0 aliphatic heterocycles. The van der Waals surface area contributed by atoms with Gasteiger partial charge >= 0.3 is 0 Å². The molecule has 0 saturated carbocycles. The summed E-state index contributed by atoms with van der Waals surface area (Å²) >= 11 is 0. The molecule has 1 heterocycles. The van der Waals surface area contributed by atoms with Crippen molar-refractivity contribution in [1.29, 1.82) is 0 Å². The van der Waals surface area contributed by atoms with Gasteiger partial charge in [-0.05, 0) is 24.5 Å². The van der Waals surface area contributed by atoms with Crippen LogP contribution in [0.2, 0.25) is 0 Å². The lowest BCUT2D eigenvalue weighted by molar-refractivity contribution is 0.408. The van der Waals surface area contributed by atoms with Crippen molar-refractivity contribution >= 4 is 12.2 Å². The van der Waals surface area contributed by atoms with Gasteiger partial charge in [-0.2, -0.15) is 0 Å². The minimum absolute atomic E-state index is 0.922. The van der Waals surface area contributed by atoms with Crippen molar-refractivity contribution in [3.63, 3.8) is 0 Å². The third-order valence-corrected chi connectivity index (χ3v) is 3.23. The smallest absolute Gasteiger partial charge is 0.125 e. The second-order valence-corrected chi connectivity index (χ2v) is 4.77. The predicted octanol–water partition coefficient (Wildman–Crippen LogP) is 4.60. The Morgan fingerprint density at radius 3 is 2.65 bits per heavy atom. The highest BCUT2D eigenvalue weighted by Crippen LogP contribution is 2.21. The minimum Gasteiger partial charge on any atom is -0.496 e. The molecule has 0 radical (unpaired) electrons. The summed E-state index contributed by atoms with van der Waals surface area (Å²) in [5, 5.41) is 0. The number of ether oxygens (including phenoxy) is 1. The molecule has 0 atom stereocenters. The van der Waals surface area contributed by atoms with Crippen LogP contribution in [-0.2, 0) is 6.42 Å². The zero-order valence-electron chi connectivity index (χ0n) is 12.2. The number of hydrogen-bond acceptors (Lipinski definition) is 2. The third-order valence-electron chi connectivity index (χ3n) is 3.23. The first-order valence-electron chi connectivity index (χ1n) is 7.09. The van der Waals surface area contributed by atoms with Gasteiger partial charge in [0.05, 0.1) is 12.8 Å². The van der Waals surface area contributed by atoms with Crippen molar-refractivity contribution in [2.75, 3.05) is 7.11 Å². The molecule has 0 saturated heterocycles. The molecule has 104 valence electrons. The molecule has 0 spiro atoms. The van der Waals surface area contributed by atoms with Gasteiger partial charge in [-0.15, -0.1) is 0 Å². The van der Waals surface area contributed by atoms with Gasteiger partial charge in [0.1, 0.15) is 5.75 Å². The maximum atomic E-state index is 5.46. The third kappa shape index (κ3) is 3.95. The topological polar surface area (TPSA) is 22.1 Å². The zero-order valence-corrected chi connectivity index (χ0v) is 12.2. The lowest BCUT2D eigenvalue weighted by Crippen LogP contribution is -1.95. The summed E-state index contributed by atoms with van der Waals surface area (Å²) in [7, 11) is 1.72. The van der Waals surface area contributed by atoms with E-state index in [-0.39, 0.29) is 0 Å². The van der Waals surface area contributed by atoms with Crippen LogP contribution in [0.5, 0.6) is 5.75 Å². The van der Waals surface area contributed by atoms with Crippen molar-refractivity contribution in [1.82, 2.24) is 4.98 Å². The first-order valence-corrected chi connectivity index (χ1v) is 7.09. The van der Waals surface area contributed by atoms with Crippen LogP contribution in [0.1, 0.15) is 36.6 Å². The quantitative estimate of drug-likeness (QED) is 0.763. The van der Waals surface area contributed by atoms with Crippen molar-refractivity contribution in [3.05, 3.63) is 59.4 Å². The number of hydrogen-bond donors (Lipinski definition) is 0. The fourth-order valence-corrected chi connectivity index (χ4v) is 2.06. The van der Waals surface area contributed by atoms with Crippen LogP contribution in [0.4, 0.5) is 0 Å². The van der Waals surface area contributed by atoms with E-state index < -0.39 is 0 Å². The van der Waals surface area contributed by atoms with Gasteiger partial charge in [0, 0.05) is 17.8 Å². The molecule has 2 heteroatoms. The summed E-state index contributed by atoms with van der Waals surface area (Å²) in [6, 6.07) is 12.2. The molecule has 0 fully saturated rings. The summed E-state index contributed by atoms with van der Waals surface area (Å²) in [5.74, 6) is 0.932. The van der Waals surface area contributed by atoms with Crippen molar-refractivity contribution < 1.29 is 4.74 Å². The van der Waals surface area contributed by atoms with Crippen LogP contribution in [0.3, 0.4) is 0 Å². The van der Waals surface area contributed by atoms with Gasteiger partial charge in [0.2, 0.25) is 0 Å². The Morgan fingerprint density at radius 1 is 1.15 bits per heavy atom. The van der Waals surface area contributed by atoms with Crippen molar-refractivity contribution in [3.8, 4) is 5.75 Å². The largest absolute Gasteiger partial charge is 0.496 e. The molecule has 0 aliphatic rings. The van der Waals surface area contributed by atoms with E-state index in [1.54, 1.807) is 7.11 Å². The van der Waals surface area contributed by atoms with E-state index in [0.717, 1.165) is 24.3 Å². The summed E-state index contributed by atoms with van der Waals surface area (Å²) in [5.41, 5.74) is 3.28. The summed E-state index contributed by atoms with van der Waals surface area (Å²) < 4.78 is 5.46. The van der Waals surface area contributed by atoms with Crippen LogP contribution in [0.25, 0.3) is 12.2 Å². The molecule has 1 aromatic carbocycles. The van der Waals surface area contributed by atoms with Crippen LogP contribution in [-0.4, -0.2) is 12.1 Å². The molecule has 0 bridgehead atoms. The number of rotatable bonds is 6. The highest BCUT2D eigenvalue weighted by molar-refractivity contribution is 5.68. The number of methoxy groups -OCH3 is 1. The molecule has 0 unspecified atom stereocenters. The summed E-state index contributed by atoms with van der Waals surface area (Å²) in [6.07, 6.45) is 9.37. The predicted molar refractivity (Wildman–Crippen MR) is 84.8 cm³/mol. The van der Waals surface area contributed by atoms with Crippen molar-refractivity contribution in [2.24, 2.45) is 0 Å². The van der Waals surface area contributed by atoms with Gasteiger partial charge < -0.3 is 4.74 Å². The highest BCUT2D eigenvalue weighted by atomic mass is 16.5. The monoisotopic (exact) mass is 267 g/mol. The fraction of sp³-hybridized carbons (Fsp3) is 0.278. The first kappa shape index (κ1) is 14.3. The average molecular weight is 267 g/mol. The normalized spacial score (nSPS) is 10.9. The van der Waals surface area contributed by atoms with E-state index in [9.17, 15) is 0 Å². The molecular weight excluding hydrogens is 246 g/mol. The van der Waals surface area contributed by atoms with Gasteiger partial charge in [0.25, 0.3) is 0 Å². The summed E-state index contributed by atoms with van der Waals surface area (Å²) in [6.45, 7) is 2.19. The minimum atomic E-state index is 0.922. The van der Waals surface area contributed by atoms with E-state index >= 15 is 0 Å². The fourth-order valence-electron chi connectivity index (χ4n) is 2.06. The molecule has 0 amide bonds. The Balaban J connectivity index is 2.15. The second-order valence-electron chi connectivity index (χ2n) is 4.77. The molecule has 0 N–H and O–H groups in total. The Labute approximate surface area is 121 Å². The van der Waals surface area contributed by atoms with Gasteiger partial charge in [-0.25, -0.2) is 0 Å². The molecule has 1 aromatic heterocycles. The maximum absolute atomic E-state index is 5.46. The van der Waals surface area contributed by atoms with Crippen LogP contribution >= 0.6 is 0 Å². The molecule has 0 aliphatic carbocycles. The summed E-state index contributed by atoms with van der Waals surface area (Å²) in [4.78, 5) is 4.49. The van der Waals surface area contributed by atoms with E-state index in [2.05, 4.69) is 30.1 Å². The Hall–Kier alpha value is -2.09.